The number of rotatable bonds is 5. The van der Waals surface area contributed by atoms with Crippen LogP contribution in [0.3, 0.4) is 0 Å². The highest BCUT2D eigenvalue weighted by Crippen LogP contribution is 2.37. The number of pyridine rings is 2. The zero-order valence-electron chi connectivity index (χ0n) is 19.5. The Morgan fingerprint density at radius 3 is 2.18 bits per heavy atom. The number of sulfone groups is 1. The fourth-order valence-electron chi connectivity index (χ4n) is 3.75. The molecule has 0 radical (unpaired) electrons. The summed E-state index contributed by atoms with van der Waals surface area (Å²) in [7, 11) is -3.34. The van der Waals surface area contributed by atoms with Gasteiger partial charge >= 0.3 is 0 Å². The summed E-state index contributed by atoms with van der Waals surface area (Å²) in [6, 6.07) is 19.4. The Balaban J connectivity index is 1.88. The average molecular weight is 461 g/mol. The molecule has 4 aromatic rings. The topological polar surface area (TPSA) is 80.1 Å². The van der Waals surface area contributed by atoms with E-state index in [9.17, 15) is 13.5 Å². The van der Waals surface area contributed by atoms with E-state index in [2.05, 4.69) is 9.97 Å². The maximum absolute atomic E-state index is 12.5. The molecule has 0 aliphatic rings. The van der Waals surface area contributed by atoms with Gasteiger partial charge in [-0.25, -0.2) is 8.42 Å². The predicted octanol–water partition coefficient (Wildman–Crippen LogP) is 5.47. The molecule has 4 rings (SSSR count). The molecule has 2 aromatic heterocycles. The minimum atomic E-state index is -3.34. The maximum Gasteiger partial charge on any atom is 0.156 e. The second-order valence-electron chi connectivity index (χ2n) is 9.45. The smallest absolute Gasteiger partial charge is 0.156 e. The molecule has 5 nitrogen and oxygen atoms in total. The molecule has 0 bridgehead atoms. The third kappa shape index (κ3) is 4.41. The Morgan fingerprint density at radius 2 is 1.55 bits per heavy atom. The highest BCUT2D eigenvalue weighted by atomic mass is 32.2. The van der Waals surface area contributed by atoms with Crippen LogP contribution in [0.15, 0.2) is 73.1 Å². The Hall–Kier alpha value is -3.09. The lowest BCUT2D eigenvalue weighted by molar-refractivity contribution is 0.0782. The van der Waals surface area contributed by atoms with Gasteiger partial charge in [0.1, 0.15) is 0 Å². The Labute approximate surface area is 195 Å². The zero-order chi connectivity index (χ0) is 24.0. The van der Waals surface area contributed by atoms with Crippen LogP contribution >= 0.6 is 0 Å². The molecule has 0 unspecified atom stereocenters. The summed E-state index contributed by atoms with van der Waals surface area (Å²) in [5, 5.41) is 11.1. The lowest BCUT2D eigenvalue weighted by Crippen LogP contribution is -2.28. The fourth-order valence-corrected chi connectivity index (χ4v) is 4.29. The van der Waals surface area contributed by atoms with Crippen LogP contribution in [-0.4, -0.2) is 29.7 Å². The molecule has 0 saturated heterocycles. The van der Waals surface area contributed by atoms with Gasteiger partial charge in [-0.05, 0) is 69.2 Å². The van der Waals surface area contributed by atoms with Gasteiger partial charge in [-0.3, -0.25) is 9.97 Å². The van der Waals surface area contributed by atoms with Gasteiger partial charge in [0, 0.05) is 40.7 Å². The summed E-state index contributed by atoms with van der Waals surface area (Å²) in [5.41, 5.74) is 4.83. The summed E-state index contributed by atoms with van der Waals surface area (Å²) in [5.74, 6) is 0. The molecule has 2 aromatic carbocycles. The first-order chi connectivity index (χ1) is 15.4. The van der Waals surface area contributed by atoms with Crippen LogP contribution in [0.25, 0.3) is 33.3 Å². The monoisotopic (exact) mass is 460 g/mol. The number of benzene rings is 2. The Kier molecular flexibility index (Phi) is 5.63. The molecule has 0 spiro atoms. The van der Waals surface area contributed by atoms with Crippen LogP contribution in [0.1, 0.15) is 38.8 Å². The molecule has 0 atom stereocenters. The van der Waals surface area contributed by atoms with Crippen molar-refractivity contribution in [3.63, 3.8) is 0 Å². The summed E-state index contributed by atoms with van der Waals surface area (Å²) in [6.45, 7) is 6.92. The van der Waals surface area contributed by atoms with E-state index in [0.717, 1.165) is 44.4 Å². The minimum Gasteiger partial charge on any atom is -0.386 e. The number of fused-ring (bicyclic) bond motifs is 1. The molecule has 0 saturated carbocycles. The van der Waals surface area contributed by atoms with E-state index in [0.29, 0.717) is 0 Å². The summed E-state index contributed by atoms with van der Waals surface area (Å²) in [4.78, 5) is 9.14. The second-order valence-corrected chi connectivity index (χ2v) is 12.0. The number of aromatic nitrogens is 2. The van der Waals surface area contributed by atoms with Crippen molar-refractivity contribution in [2.75, 3.05) is 6.26 Å². The van der Waals surface area contributed by atoms with E-state index in [1.807, 2.05) is 60.7 Å². The molecule has 0 aliphatic heterocycles. The molecular formula is C27H28N2O3S. The van der Waals surface area contributed by atoms with Crippen LogP contribution in [0, 0.1) is 0 Å². The van der Waals surface area contributed by atoms with Gasteiger partial charge < -0.3 is 5.11 Å². The third-order valence-corrected chi connectivity index (χ3v) is 8.36. The minimum absolute atomic E-state index is 0.721. The first-order valence-corrected chi connectivity index (χ1v) is 12.7. The van der Waals surface area contributed by atoms with E-state index < -0.39 is 20.2 Å². The molecule has 0 amide bonds. The number of nitrogens with zero attached hydrogens (tertiary/aromatic N) is 2. The van der Waals surface area contributed by atoms with E-state index >= 15 is 0 Å². The SMILES string of the molecule is CC(C)(O)c1ccc(-c2cccc(-c3cc(C(C)(C)S(C)(=O)=O)cc4cccnc34)c2)nc1. The van der Waals surface area contributed by atoms with Gasteiger partial charge in [0.25, 0.3) is 0 Å². The van der Waals surface area contributed by atoms with Crippen molar-refractivity contribution in [2.24, 2.45) is 0 Å². The van der Waals surface area contributed by atoms with Crippen molar-refractivity contribution in [1.82, 2.24) is 9.97 Å². The number of hydrogen-bond donors (Lipinski definition) is 1. The largest absolute Gasteiger partial charge is 0.386 e. The summed E-state index contributed by atoms with van der Waals surface area (Å²) >= 11 is 0. The zero-order valence-corrected chi connectivity index (χ0v) is 20.3. The lowest BCUT2D eigenvalue weighted by atomic mass is 9.92. The van der Waals surface area contributed by atoms with Crippen LogP contribution in [-0.2, 0) is 20.2 Å². The molecule has 6 heteroatoms. The Bertz CT molecular complexity index is 1430. The Morgan fingerprint density at radius 1 is 0.818 bits per heavy atom. The first-order valence-electron chi connectivity index (χ1n) is 10.8. The standard InChI is InChI=1S/C27H28N2O3S/c1-26(2,30)21-11-12-24(29-17-21)19-9-6-8-18(14-19)23-16-22(27(3,4)33(5,31)32)15-20-10-7-13-28-25(20)23/h6-17,30H,1-5H3. The molecule has 170 valence electrons. The fraction of sp³-hybridized carbons (Fsp3) is 0.259. The molecular weight excluding hydrogens is 432 g/mol. The van der Waals surface area contributed by atoms with Gasteiger partial charge in [0.2, 0.25) is 0 Å². The molecule has 2 heterocycles. The van der Waals surface area contributed by atoms with E-state index in [4.69, 9.17) is 0 Å². The summed E-state index contributed by atoms with van der Waals surface area (Å²) in [6.07, 6.45) is 4.70. The van der Waals surface area contributed by atoms with Crippen molar-refractivity contribution in [3.05, 3.63) is 84.2 Å². The molecule has 1 N–H and O–H groups in total. The predicted molar refractivity (Wildman–Crippen MR) is 134 cm³/mol. The first kappa shape index (κ1) is 23.1. The normalized spacial score (nSPS) is 12.8. The van der Waals surface area contributed by atoms with E-state index in [1.165, 1.54) is 6.26 Å². The van der Waals surface area contributed by atoms with Crippen LogP contribution in [0.4, 0.5) is 0 Å². The highest BCUT2D eigenvalue weighted by molar-refractivity contribution is 7.91. The van der Waals surface area contributed by atoms with Crippen molar-refractivity contribution < 1.29 is 13.5 Å². The van der Waals surface area contributed by atoms with Crippen molar-refractivity contribution >= 4 is 20.7 Å². The van der Waals surface area contributed by atoms with Crippen LogP contribution < -0.4 is 0 Å². The second kappa shape index (κ2) is 8.04. The van der Waals surface area contributed by atoms with Gasteiger partial charge in [-0.2, -0.15) is 0 Å². The van der Waals surface area contributed by atoms with Crippen LogP contribution in [0.5, 0.6) is 0 Å². The summed E-state index contributed by atoms with van der Waals surface area (Å²) < 4.78 is 24.0. The number of aliphatic hydroxyl groups is 1. The quantitative estimate of drug-likeness (QED) is 0.427. The lowest BCUT2D eigenvalue weighted by Gasteiger charge is -2.24. The van der Waals surface area contributed by atoms with Gasteiger partial charge in [0.05, 0.1) is 21.6 Å². The molecule has 0 aliphatic carbocycles. The van der Waals surface area contributed by atoms with Gasteiger partial charge in [0.15, 0.2) is 9.84 Å². The highest BCUT2D eigenvalue weighted by Gasteiger charge is 2.33. The van der Waals surface area contributed by atoms with Crippen molar-refractivity contribution in [1.29, 1.82) is 0 Å². The molecule has 33 heavy (non-hydrogen) atoms. The van der Waals surface area contributed by atoms with E-state index in [-0.39, 0.29) is 0 Å². The van der Waals surface area contributed by atoms with Crippen molar-refractivity contribution in [3.8, 4) is 22.4 Å². The van der Waals surface area contributed by atoms with Crippen molar-refractivity contribution in [2.45, 2.75) is 38.0 Å². The third-order valence-electron chi connectivity index (χ3n) is 6.27. The van der Waals surface area contributed by atoms with Gasteiger partial charge in [-0.1, -0.05) is 30.3 Å². The average Bonchev–Trinajstić information content (AvgIpc) is 2.77. The number of hydrogen-bond acceptors (Lipinski definition) is 5. The maximum atomic E-state index is 12.5. The van der Waals surface area contributed by atoms with Crippen LogP contribution in [0.2, 0.25) is 0 Å². The molecule has 0 fully saturated rings. The van der Waals surface area contributed by atoms with E-state index in [1.54, 1.807) is 40.1 Å². The van der Waals surface area contributed by atoms with Gasteiger partial charge in [-0.15, -0.1) is 0 Å².